The number of halogens is 3. The lowest BCUT2D eigenvalue weighted by molar-refractivity contribution is -0.115. The minimum Gasteiger partial charge on any atom is -0.495 e. The highest BCUT2D eigenvalue weighted by Gasteiger charge is 2.10. The maximum atomic E-state index is 12.1. The fraction of sp³-hybridized carbons (Fsp3) is 0.133. The van der Waals surface area contributed by atoms with Gasteiger partial charge in [-0.05, 0) is 35.9 Å². The van der Waals surface area contributed by atoms with Gasteiger partial charge in [0, 0.05) is 5.02 Å². The smallest absolute Gasteiger partial charge is 0.228 e. The van der Waals surface area contributed by atoms with Crippen LogP contribution in [0, 0.1) is 0 Å². The molecule has 2 aromatic carbocycles. The van der Waals surface area contributed by atoms with Gasteiger partial charge in [-0.2, -0.15) is 0 Å². The van der Waals surface area contributed by atoms with Crippen molar-refractivity contribution in [1.82, 2.24) is 0 Å². The van der Waals surface area contributed by atoms with Gasteiger partial charge in [0.1, 0.15) is 5.75 Å². The van der Waals surface area contributed by atoms with E-state index in [1.54, 1.807) is 36.4 Å². The molecular weight excluding hydrogens is 333 g/mol. The molecule has 1 amide bonds. The predicted molar refractivity (Wildman–Crippen MR) is 86.8 cm³/mol. The van der Waals surface area contributed by atoms with Crippen molar-refractivity contribution in [3.05, 3.63) is 57.0 Å². The van der Waals surface area contributed by atoms with Gasteiger partial charge in [-0.3, -0.25) is 4.79 Å². The average molecular weight is 345 g/mol. The molecule has 1 N–H and O–H groups in total. The summed E-state index contributed by atoms with van der Waals surface area (Å²) >= 11 is 17.7. The Morgan fingerprint density at radius 1 is 1.10 bits per heavy atom. The van der Waals surface area contributed by atoms with Gasteiger partial charge in [0.2, 0.25) is 5.91 Å². The zero-order valence-corrected chi connectivity index (χ0v) is 13.4. The molecule has 3 nitrogen and oxygen atoms in total. The van der Waals surface area contributed by atoms with Crippen molar-refractivity contribution in [2.45, 2.75) is 6.42 Å². The number of amides is 1. The highest BCUT2D eigenvalue weighted by Crippen LogP contribution is 2.28. The summed E-state index contributed by atoms with van der Waals surface area (Å²) in [4.78, 5) is 12.1. The number of hydrogen-bond acceptors (Lipinski definition) is 2. The summed E-state index contributed by atoms with van der Waals surface area (Å²) in [5.74, 6) is 0.343. The third-order valence-electron chi connectivity index (χ3n) is 2.78. The normalized spacial score (nSPS) is 10.3. The second kappa shape index (κ2) is 7.03. The van der Waals surface area contributed by atoms with Gasteiger partial charge in [0.05, 0.1) is 29.3 Å². The van der Waals surface area contributed by atoms with Crippen molar-refractivity contribution in [2.75, 3.05) is 12.4 Å². The predicted octanol–water partition coefficient (Wildman–Crippen LogP) is 4.84. The maximum absolute atomic E-state index is 12.1. The summed E-state index contributed by atoms with van der Waals surface area (Å²) in [7, 11) is 1.53. The topological polar surface area (TPSA) is 38.3 Å². The van der Waals surface area contributed by atoms with Crippen LogP contribution in [0.25, 0.3) is 0 Å². The molecule has 0 aromatic heterocycles. The van der Waals surface area contributed by atoms with Crippen LogP contribution in [0.2, 0.25) is 15.1 Å². The molecule has 2 aromatic rings. The Bertz CT molecular complexity index is 674. The largest absolute Gasteiger partial charge is 0.495 e. The minimum atomic E-state index is -0.200. The number of rotatable bonds is 4. The molecule has 0 saturated carbocycles. The SMILES string of the molecule is COc1ccc(Cl)cc1NC(=O)Cc1ccc(Cl)c(Cl)c1. The van der Waals surface area contributed by atoms with E-state index in [1.807, 2.05) is 0 Å². The van der Waals surface area contributed by atoms with Crippen molar-refractivity contribution in [3.63, 3.8) is 0 Å². The molecule has 0 aliphatic rings. The standard InChI is InChI=1S/C15H12Cl3NO2/c1-21-14-5-3-10(16)8-13(14)19-15(20)7-9-2-4-11(17)12(18)6-9/h2-6,8H,7H2,1H3,(H,19,20). The molecule has 0 aliphatic carbocycles. The summed E-state index contributed by atoms with van der Waals surface area (Å²) in [5.41, 5.74) is 1.29. The van der Waals surface area contributed by atoms with E-state index in [2.05, 4.69) is 5.32 Å². The number of benzene rings is 2. The van der Waals surface area contributed by atoms with Crippen molar-refractivity contribution in [1.29, 1.82) is 0 Å². The Hall–Kier alpha value is -1.42. The fourth-order valence-corrected chi connectivity index (χ4v) is 2.30. The first kappa shape index (κ1) is 16.0. The Balaban J connectivity index is 2.11. The molecule has 2 rings (SSSR count). The zero-order chi connectivity index (χ0) is 15.4. The molecule has 0 spiro atoms. The first-order valence-corrected chi connectivity index (χ1v) is 7.20. The quantitative estimate of drug-likeness (QED) is 0.862. The number of hydrogen-bond donors (Lipinski definition) is 1. The number of carbonyl (C=O) groups is 1. The first-order valence-electron chi connectivity index (χ1n) is 6.07. The third-order valence-corrected chi connectivity index (χ3v) is 3.76. The van der Waals surface area contributed by atoms with Crippen LogP contribution in [0.3, 0.4) is 0 Å². The maximum Gasteiger partial charge on any atom is 0.228 e. The summed E-state index contributed by atoms with van der Waals surface area (Å²) in [6, 6.07) is 10.1. The fourth-order valence-electron chi connectivity index (χ4n) is 1.81. The molecule has 110 valence electrons. The van der Waals surface area contributed by atoms with Crippen molar-refractivity contribution < 1.29 is 9.53 Å². The minimum absolute atomic E-state index is 0.173. The van der Waals surface area contributed by atoms with Gasteiger partial charge in [0.25, 0.3) is 0 Å². The van der Waals surface area contributed by atoms with Crippen LogP contribution in [-0.2, 0) is 11.2 Å². The van der Waals surface area contributed by atoms with Gasteiger partial charge in [0.15, 0.2) is 0 Å². The molecule has 0 unspecified atom stereocenters. The zero-order valence-electron chi connectivity index (χ0n) is 11.1. The second-order valence-corrected chi connectivity index (χ2v) is 5.57. The van der Waals surface area contributed by atoms with Gasteiger partial charge >= 0.3 is 0 Å². The third kappa shape index (κ3) is 4.27. The first-order chi connectivity index (χ1) is 9.99. The van der Waals surface area contributed by atoms with Gasteiger partial charge in [-0.15, -0.1) is 0 Å². The molecule has 0 atom stereocenters. The van der Waals surface area contributed by atoms with Crippen LogP contribution in [0.15, 0.2) is 36.4 Å². The van der Waals surface area contributed by atoms with Crippen LogP contribution in [-0.4, -0.2) is 13.0 Å². The molecule has 21 heavy (non-hydrogen) atoms. The van der Waals surface area contributed by atoms with E-state index >= 15 is 0 Å². The molecule has 0 bridgehead atoms. The molecule has 6 heteroatoms. The van der Waals surface area contributed by atoms with Crippen LogP contribution in [0.5, 0.6) is 5.75 Å². The number of carbonyl (C=O) groups excluding carboxylic acids is 1. The highest BCUT2D eigenvalue weighted by molar-refractivity contribution is 6.42. The number of anilines is 1. The average Bonchev–Trinajstić information content (AvgIpc) is 2.43. The highest BCUT2D eigenvalue weighted by atomic mass is 35.5. The molecular formula is C15H12Cl3NO2. The van der Waals surface area contributed by atoms with E-state index in [4.69, 9.17) is 39.5 Å². The second-order valence-electron chi connectivity index (χ2n) is 4.32. The lowest BCUT2D eigenvalue weighted by atomic mass is 10.1. The summed E-state index contributed by atoms with van der Waals surface area (Å²) in [5, 5.41) is 4.15. The van der Waals surface area contributed by atoms with Crippen molar-refractivity contribution >= 4 is 46.4 Å². The van der Waals surface area contributed by atoms with E-state index in [1.165, 1.54) is 7.11 Å². The molecule has 0 fully saturated rings. The van der Waals surface area contributed by atoms with E-state index in [9.17, 15) is 4.79 Å². The Morgan fingerprint density at radius 2 is 1.86 bits per heavy atom. The van der Waals surface area contributed by atoms with Gasteiger partial charge in [-0.25, -0.2) is 0 Å². The monoisotopic (exact) mass is 343 g/mol. The number of nitrogens with one attached hydrogen (secondary N) is 1. The van der Waals surface area contributed by atoms with Gasteiger partial charge in [-0.1, -0.05) is 40.9 Å². The summed E-state index contributed by atoms with van der Waals surface area (Å²) in [6.07, 6.45) is 0.173. The van der Waals surface area contributed by atoms with E-state index < -0.39 is 0 Å². The lowest BCUT2D eigenvalue weighted by Gasteiger charge is -2.10. The van der Waals surface area contributed by atoms with E-state index in [-0.39, 0.29) is 12.3 Å². The molecule has 0 aliphatic heterocycles. The van der Waals surface area contributed by atoms with Crippen LogP contribution in [0.1, 0.15) is 5.56 Å². The van der Waals surface area contributed by atoms with Crippen molar-refractivity contribution in [2.24, 2.45) is 0 Å². The Kier molecular flexibility index (Phi) is 5.34. The van der Waals surface area contributed by atoms with E-state index in [0.29, 0.717) is 26.5 Å². The van der Waals surface area contributed by atoms with Crippen LogP contribution >= 0.6 is 34.8 Å². The van der Waals surface area contributed by atoms with Gasteiger partial charge < -0.3 is 10.1 Å². The number of ether oxygens (including phenoxy) is 1. The van der Waals surface area contributed by atoms with Crippen LogP contribution < -0.4 is 10.1 Å². The van der Waals surface area contributed by atoms with E-state index in [0.717, 1.165) is 5.56 Å². The molecule has 0 saturated heterocycles. The Morgan fingerprint density at radius 3 is 2.52 bits per heavy atom. The lowest BCUT2D eigenvalue weighted by Crippen LogP contribution is -2.15. The van der Waals surface area contributed by atoms with Crippen LogP contribution in [0.4, 0.5) is 5.69 Å². The number of methoxy groups -OCH3 is 1. The Labute approximate surface area is 137 Å². The summed E-state index contributed by atoms with van der Waals surface area (Å²) < 4.78 is 5.17. The molecule has 0 heterocycles. The summed E-state index contributed by atoms with van der Waals surface area (Å²) in [6.45, 7) is 0. The molecule has 0 radical (unpaired) electrons. The van der Waals surface area contributed by atoms with Crippen molar-refractivity contribution in [3.8, 4) is 5.75 Å².